The van der Waals surface area contributed by atoms with Crippen LogP contribution in [0.15, 0.2) is 0 Å². The van der Waals surface area contributed by atoms with E-state index in [2.05, 4.69) is 25.8 Å². The molecule has 0 N–H and O–H groups in total. The van der Waals surface area contributed by atoms with Crippen LogP contribution in [0.4, 0.5) is 0 Å². The van der Waals surface area contributed by atoms with Gasteiger partial charge in [-0.2, -0.15) is 0 Å². The van der Waals surface area contributed by atoms with Crippen molar-refractivity contribution < 1.29 is 4.74 Å². The molecule has 1 heterocycles. The van der Waals surface area contributed by atoms with E-state index in [1.54, 1.807) is 0 Å². The zero-order valence-electron chi connectivity index (χ0n) is 7.89. The van der Waals surface area contributed by atoms with Crippen molar-refractivity contribution in [3.63, 3.8) is 0 Å². The van der Waals surface area contributed by atoms with E-state index in [1.807, 2.05) is 0 Å². The van der Waals surface area contributed by atoms with Gasteiger partial charge in [0.1, 0.15) is 0 Å². The lowest BCUT2D eigenvalue weighted by molar-refractivity contribution is -0.134. The van der Waals surface area contributed by atoms with E-state index < -0.39 is 0 Å². The Morgan fingerprint density at radius 3 is 2.27 bits per heavy atom. The lowest BCUT2D eigenvalue weighted by atomic mass is 9.92. The normalized spacial score (nSPS) is 21.8. The Kier molecular flexibility index (Phi) is 2.90. The van der Waals surface area contributed by atoms with Gasteiger partial charge in [0.05, 0.1) is 18.8 Å². The monoisotopic (exact) mass is 157 g/mol. The van der Waals surface area contributed by atoms with Gasteiger partial charge in [-0.3, -0.25) is 4.90 Å². The van der Waals surface area contributed by atoms with Crippen molar-refractivity contribution in [2.45, 2.75) is 32.2 Å². The summed E-state index contributed by atoms with van der Waals surface area (Å²) in [4.78, 5) is 2.44. The Morgan fingerprint density at radius 2 is 2.00 bits per heavy atom. The van der Waals surface area contributed by atoms with Gasteiger partial charge in [0, 0.05) is 0 Å². The summed E-state index contributed by atoms with van der Waals surface area (Å²) in [6.45, 7) is 7.52. The topological polar surface area (TPSA) is 12.5 Å². The Balaban J connectivity index is 2.40. The molecule has 1 rings (SSSR count). The van der Waals surface area contributed by atoms with Crippen LogP contribution in [0.2, 0.25) is 0 Å². The Morgan fingerprint density at radius 1 is 1.36 bits per heavy atom. The summed E-state index contributed by atoms with van der Waals surface area (Å²) in [6.07, 6.45) is 2.45. The largest absolute Gasteiger partial charge is 0.377 e. The Labute approximate surface area is 69.5 Å². The van der Waals surface area contributed by atoms with E-state index >= 15 is 0 Å². The molecule has 0 spiro atoms. The number of ether oxygens (including phenoxy) is 1. The first-order valence-corrected chi connectivity index (χ1v) is 4.54. The average molecular weight is 157 g/mol. The average Bonchev–Trinajstić information content (AvgIpc) is 1.87. The van der Waals surface area contributed by atoms with Crippen molar-refractivity contribution in [2.75, 3.05) is 26.8 Å². The molecule has 1 aliphatic rings. The van der Waals surface area contributed by atoms with Gasteiger partial charge < -0.3 is 4.74 Å². The maximum Gasteiger partial charge on any atom is 0.0673 e. The molecule has 0 amide bonds. The second kappa shape index (κ2) is 3.55. The van der Waals surface area contributed by atoms with Gasteiger partial charge in [-0.05, 0) is 26.4 Å². The molecule has 0 unspecified atom stereocenters. The van der Waals surface area contributed by atoms with E-state index in [0.29, 0.717) is 5.54 Å². The molecule has 2 heteroatoms. The van der Waals surface area contributed by atoms with Crippen LogP contribution in [0.5, 0.6) is 0 Å². The highest BCUT2D eigenvalue weighted by Gasteiger charge is 2.39. The summed E-state index contributed by atoms with van der Waals surface area (Å²) in [5, 5.41) is 0. The third kappa shape index (κ3) is 1.57. The maximum atomic E-state index is 5.25. The second-order valence-corrected chi connectivity index (χ2v) is 3.49. The maximum absolute atomic E-state index is 5.25. The number of nitrogens with zero attached hydrogens (tertiary/aromatic N) is 1. The Bertz CT molecular complexity index is 115. The molecular formula is C9H19NO. The zero-order chi connectivity index (χ0) is 8.32. The predicted molar refractivity (Wildman–Crippen MR) is 46.8 cm³/mol. The smallest absolute Gasteiger partial charge is 0.0673 e. The van der Waals surface area contributed by atoms with Crippen LogP contribution in [0.3, 0.4) is 0 Å². The number of hydrogen-bond donors (Lipinski definition) is 0. The predicted octanol–water partition coefficient (Wildman–Crippen LogP) is 1.51. The number of rotatable bonds is 4. The van der Waals surface area contributed by atoms with Crippen molar-refractivity contribution in [2.24, 2.45) is 0 Å². The van der Waals surface area contributed by atoms with Crippen LogP contribution in [-0.4, -0.2) is 37.2 Å². The molecule has 66 valence electrons. The molecule has 1 aliphatic heterocycles. The van der Waals surface area contributed by atoms with Crippen LogP contribution in [-0.2, 0) is 4.74 Å². The lowest BCUT2D eigenvalue weighted by Crippen LogP contribution is -2.60. The van der Waals surface area contributed by atoms with Crippen LogP contribution in [0.1, 0.15) is 26.7 Å². The SMILES string of the molecule is CCCN(C)C1(CC)COC1. The molecule has 1 saturated heterocycles. The van der Waals surface area contributed by atoms with Crippen molar-refractivity contribution >= 4 is 0 Å². The Hall–Kier alpha value is -0.0800. The summed E-state index contributed by atoms with van der Waals surface area (Å²) in [5.74, 6) is 0. The quantitative estimate of drug-likeness (QED) is 0.613. The summed E-state index contributed by atoms with van der Waals surface area (Å²) in [5.41, 5.74) is 0.385. The first-order chi connectivity index (χ1) is 5.25. The fourth-order valence-corrected chi connectivity index (χ4v) is 1.60. The van der Waals surface area contributed by atoms with E-state index in [9.17, 15) is 0 Å². The standard InChI is InChI=1S/C9H19NO/c1-4-6-10(3)9(5-2)7-11-8-9/h4-8H2,1-3H3. The highest BCUT2D eigenvalue weighted by Crippen LogP contribution is 2.27. The third-order valence-corrected chi connectivity index (χ3v) is 2.77. The molecule has 0 atom stereocenters. The van der Waals surface area contributed by atoms with Crippen LogP contribution in [0.25, 0.3) is 0 Å². The van der Waals surface area contributed by atoms with E-state index in [4.69, 9.17) is 4.74 Å². The summed E-state index contributed by atoms with van der Waals surface area (Å²) in [6, 6.07) is 0. The number of likely N-dealkylation sites (N-methyl/N-ethyl adjacent to an activating group) is 1. The van der Waals surface area contributed by atoms with Crippen molar-refractivity contribution in [3.05, 3.63) is 0 Å². The molecule has 1 fully saturated rings. The molecule has 0 bridgehead atoms. The highest BCUT2D eigenvalue weighted by atomic mass is 16.5. The first kappa shape index (κ1) is 9.01. The van der Waals surface area contributed by atoms with Gasteiger partial charge in [0.15, 0.2) is 0 Å². The molecule has 0 saturated carbocycles. The lowest BCUT2D eigenvalue weighted by Gasteiger charge is -2.47. The molecule has 0 aliphatic carbocycles. The van der Waals surface area contributed by atoms with Crippen LogP contribution < -0.4 is 0 Å². The fraction of sp³-hybridized carbons (Fsp3) is 1.00. The van der Waals surface area contributed by atoms with Gasteiger partial charge in [-0.1, -0.05) is 13.8 Å². The summed E-state index contributed by atoms with van der Waals surface area (Å²) < 4.78 is 5.25. The molecule has 0 aromatic carbocycles. The minimum absolute atomic E-state index is 0.385. The van der Waals surface area contributed by atoms with Crippen LogP contribution in [0, 0.1) is 0 Å². The van der Waals surface area contributed by atoms with E-state index in [0.717, 1.165) is 13.2 Å². The van der Waals surface area contributed by atoms with Crippen molar-refractivity contribution in [1.82, 2.24) is 4.90 Å². The summed E-state index contributed by atoms with van der Waals surface area (Å²) >= 11 is 0. The second-order valence-electron chi connectivity index (χ2n) is 3.49. The zero-order valence-corrected chi connectivity index (χ0v) is 7.89. The fourth-order valence-electron chi connectivity index (χ4n) is 1.60. The van der Waals surface area contributed by atoms with Crippen LogP contribution >= 0.6 is 0 Å². The minimum atomic E-state index is 0.385. The van der Waals surface area contributed by atoms with Gasteiger partial charge in [0.25, 0.3) is 0 Å². The van der Waals surface area contributed by atoms with Gasteiger partial charge in [0.2, 0.25) is 0 Å². The molecule has 2 nitrogen and oxygen atoms in total. The van der Waals surface area contributed by atoms with E-state index in [-0.39, 0.29) is 0 Å². The molecule has 0 aromatic rings. The molecule has 0 radical (unpaired) electrons. The van der Waals surface area contributed by atoms with Crippen molar-refractivity contribution in [1.29, 1.82) is 0 Å². The number of hydrogen-bond acceptors (Lipinski definition) is 2. The first-order valence-electron chi connectivity index (χ1n) is 4.54. The third-order valence-electron chi connectivity index (χ3n) is 2.77. The highest BCUT2D eigenvalue weighted by molar-refractivity contribution is 4.93. The van der Waals surface area contributed by atoms with Gasteiger partial charge in [-0.25, -0.2) is 0 Å². The molecular weight excluding hydrogens is 138 g/mol. The minimum Gasteiger partial charge on any atom is -0.377 e. The van der Waals surface area contributed by atoms with E-state index in [1.165, 1.54) is 19.4 Å². The van der Waals surface area contributed by atoms with Gasteiger partial charge in [-0.15, -0.1) is 0 Å². The molecule has 11 heavy (non-hydrogen) atoms. The van der Waals surface area contributed by atoms with Gasteiger partial charge >= 0.3 is 0 Å². The van der Waals surface area contributed by atoms with Crippen molar-refractivity contribution in [3.8, 4) is 0 Å². The summed E-state index contributed by atoms with van der Waals surface area (Å²) in [7, 11) is 2.20. The molecule has 0 aromatic heterocycles.